The Bertz CT molecular complexity index is 804. The molecule has 0 unspecified atom stereocenters. The van der Waals surface area contributed by atoms with Crippen molar-refractivity contribution in [2.45, 2.75) is 6.92 Å². The van der Waals surface area contributed by atoms with Gasteiger partial charge in [-0.3, -0.25) is 0 Å². The maximum atomic E-state index is 12.5. The molecule has 0 spiro atoms. The zero-order chi connectivity index (χ0) is 19.1. The number of para-hydroxylation sites is 2. The maximum absolute atomic E-state index is 12.5. The Morgan fingerprint density at radius 2 is 1.77 bits per heavy atom. The van der Waals surface area contributed by atoms with Crippen LogP contribution in [0.4, 0.5) is 5.69 Å². The number of nitrogens with zero attached hydrogens (tertiary/aromatic N) is 1. The van der Waals surface area contributed by atoms with Gasteiger partial charge in [0, 0.05) is 6.20 Å². The standard InChI is InChI=1S/C20H21NO5/c1-14(2)13-26-17-11-6-5-10-16(17)21-12-8-7-9-15(19(22)24-3)18(21)20(23)25-4/h5-12H,1,13H2,2-4H3. The first kappa shape index (κ1) is 19.1. The molecule has 0 saturated heterocycles. The second kappa shape index (κ2) is 8.71. The first-order chi connectivity index (χ1) is 12.5. The smallest absolute Gasteiger partial charge is 0.355 e. The monoisotopic (exact) mass is 355 g/mol. The van der Waals surface area contributed by atoms with Gasteiger partial charge in [-0.2, -0.15) is 0 Å². The number of hydrogen-bond acceptors (Lipinski definition) is 6. The molecule has 0 atom stereocenters. The lowest BCUT2D eigenvalue weighted by Crippen LogP contribution is -2.27. The molecule has 26 heavy (non-hydrogen) atoms. The van der Waals surface area contributed by atoms with Gasteiger partial charge in [-0.25, -0.2) is 9.59 Å². The van der Waals surface area contributed by atoms with Gasteiger partial charge in [-0.1, -0.05) is 24.8 Å². The quantitative estimate of drug-likeness (QED) is 0.577. The second-order valence-corrected chi connectivity index (χ2v) is 5.53. The van der Waals surface area contributed by atoms with E-state index in [9.17, 15) is 9.59 Å². The minimum atomic E-state index is -0.670. The third-order valence-electron chi connectivity index (χ3n) is 3.49. The molecule has 0 saturated carbocycles. The molecule has 0 amide bonds. The summed E-state index contributed by atoms with van der Waals surface area (Å²) >= 11 is 0. The highest BCUT2D eigenvalue weighted by Gasteiger charge is 2.28. The van der Waals surface area contributed by atoms with Crippen molar-refractivity contribution in [2.75, 3.05) is 25.7 Å². The second-order valence-electron chi connectivity index (χ2n) is 5.53. The lowest BCUT2D eigenvalue weighted by molar-refractivity contribution is -0.139. The molecule has 1 aliphatic rings. The number of carbonyl (C=O) groups excluding carboxylic acids is 2. The van der Waals surface area contributed by atoms with E-state index in [-0.39, 0.29) is 11.3 Å². The van der Waals surface area contributed by atoms with Crippen LogP contribution < -0.4 is 9.64 Å². The molecule has 0 aliphatic carbocycles. The number of esters is 2. The van der Waals surface area contributed by atoms with Crippen LogP contribution in [0, 0.1) is 0 Å². The van der Waals surface area contributed by atoms with Gasteiger partial charge in [0.1, 0.15) is 18.1 Å². The van der Waals surface area contributed by atoms with Gasteiger partial charge < -0.3 is 19.1 Å². The minimum absolute atomic E-state index is 0.0377. The fraction of sp³-hybridized carbons (Fsp3) is 0.200. The van der Waals surface area contributed by atoms with Crippen LogP contribution in [0.15, 0.2) is 72.1 Å². The SMILES string of the molecule is C=C(C)COc1ccccc1N1C=CC=CC(C(=O)OC)=C1C(=O)OC. The molecule has 0 fully saturated rings. The summed E-state index contributed by atoms with van der Waals surface area (Å²) in [5, 5.41) is 0. The summed E-state index contributed by atoms with van der Waals surface area (Å²) in [5.41, 5.74) is 1.55. The van der Waals surface area contributed by atoms with Crippen LogP contribution in [0.3, 0.4) is 0 Å². The van der Waals surface area contributed by atoms with E-state index >= 15 is 0 Å². The summed E-state index contributed by atoms with van der Waals surface area (Å²) in [7, 11) is 2.51. The Labute approximate surface area is 152 Å². The highest BCUT2D eigenvalue weighted by atomic mass is 16.5. The lowest BCUT2D eigenvalue weighted by atomic mass is 10.1. The van der Waals surface area contributed by atoms with Crippen LogP contribution in [0.1, 0.15) is 6.92 Å². The van der Waals surface area contributed by atoms with Gasteiger partial charge in [0.25, 0.3) is 0 Å². The van der Waals surface area contributed by atoms with E-state index in [4.69, 9.17) is 14.2 Å². The topological polar surface area (TPSA) is 65.1 Å². The van der Waals surface area contributed by atoms with Crippen LogP contribution in [0.5, 0.6) is 5.75 Å². The molecule has 0 N–H and O–H groups in total. The fourth-order valence-electron chi connectivity index (χ4n) is 2.33. The number of anilines is 1. The predicted octanol–water partition coefficient (Wildman–Crippen LogP) is 3.13. The average molecular weight is 355 g/mol. The minimum Gasteiger partial charge on any atom is -0.487 e. The number of carbonyl (C=O) groups is 2. The van der Waals surface area contributed by atoms with E-state index < -0.39 is 11.9 Å². The van der Waals surface area contributed by atoms with Gasteiger partial charge in [0.15, 0.2) is 0 Å². The molecule has 1 heterocycles. The average Bonchev–Trinajstić information content (AvgIpc) is 2.88. The largest absolute Gasteiger partial charge is 0.487 e. The summed E-state index contributed by atoms with van der Waals surface area (Å²) in [6.07, 6.45) is 6.51. The van der Waals surface area contributed by atoms with E-state index in [1.807, 2.05) is 19.1 Å². The van der Waals surface area contributed by atoms with Crippen LogP contribution in [-0.2, 0) is 19.1 Å². The summed E-state index contributed by atoms with van der Waals surface area (Å²) in [5.74, 6) is -0.778. The van der Waals surface area contributed by atoms with Crippen molar-refractivity contribution in [3.63, 3.8) is 0 Å². The third kappa shape index (κ3) is 4.22. The van der Waals surface area contributed by atoms with Crippen LogP contribution in [-0.4, -0.2) is 32.8 Å². The molecule has 1 aliphatic heterocycles. The van der Waals surface area contributed by atoms with Crippen LogP contribution in [0.25, 0.3) is 0 Å². The molecule has 6 nitrogen and oxygen atoms in total. The Morgan fingerprint density at radius 1 is 1.08 bits per heavy atom. The van der Waals surface area contributed by atoms with E-state index in [2.05, 4.69) is 6.58 Å². The molecule has 136 valence electrons. The highest BCUT2D eigenvalue weighted by Crippen LogP contribution is 2.34. The molecule has 1 aromatic carbocycles. The molecule has 0 bridgehead atoms. The number of benzene rings is 1. The highest BCUT2D eigenvalue weighted by molar-refractivity contribution is 6.05. The van der Waals surface area contributed by atoms with Crippen molar-refractivity contribution in [3.8, 4) is 5.75 Å². The fourth-order valence-corrected chi connectivity index (χ4v) is 2.33. The van der Waals surface area contributed by atoms with Gasteiger partial charge in [-0.15, -0.1) is 0 Å². The predicted molar refractivity (Wildman–Crippen MR) is 98.6 cm³/mol. The van der Waals surface area contributed by atoms with Crippen molar-refractivity contribution >= 4 is 17.6 Å². The maximum Gasteiger partial charge on any atom is 0.355 e. The van der Waals surface area contributed by atoms with Crippen molar-refractivity contribution < 1.29 is 23.8 Å². The van der Waals surface area contributed by atoms with E-state index in [1.165, 1.54) is 20.3 Å². The molecule has 2 rings (SSSR count). The van der Waals surface area contributed by atoms with Crippen molar-refractivity contribution in [3.05, 3.63) is 72.1 Å². The van der Waals surface area contributed by atoms with Gasteiger partial charge >= 0.3 is 11.9 Å². The summed E-state index contributed by atoms with van der Waals surface area (Å²) < 4.78 is 15.5. The lowest BCUT2D eigenvalue weighted by Gasteiger charge is -2.25. The van der Waals surface area contributed by atoms with E-state index in [1.54, 1.807) is 35.4 Å². The molecule has 0 radical (unpaired) electrons. The summed E-state index contributed by atoms with van der Waals surface area (Å²) in [6.45, 7) is 6.00. The van der Waals surface area contributed by atoms with Gasteiger partial charge in [0.05, 0.1) is 25.5 Å². The zero-order valence-electron chi connectivity index (χ0n) is 15.0. The normalized spacial score (nSPS) is 13.3. The van der Waals surface area contributed by atoms with E-state index in [0.717, 1.165) is 5.57 Å². The van der Waals surface area contributed by atoms with E-state index in [0.29, 0.717) is 18.0 Å². The van der Waals surface area contributed by atoms with Crippen molar-refractivity contribution in [1.82, 2.24) is 0 Å². The van der Waals surface area contributed by atoms with Gasteiger partial charge in [-0.05, 0) is 36.8 Å². The Kier molecular flexibility index (Phi) is 6.38. The number of rotatable bonds is 6. The van der Waals surface area contributed by atoms with Crippen LogP contribution >= 0.6 is 0 Å². The Hall–Kier alpha value is -3.28. The summed E-state index contributed by atoms with van der Waals surface area (Å²) in [6, 6.07) is 7.18. The zero-order valence-corrected chi connectivity index (χ0v) is 15.0. The summed E-state index contributed by atoms with van der Waals surface area (Å²) in [4.78, 5) is 26.2. The Morgan fingerprint density at radius 3 is 2.42 bits per heavy atom. The first-order valence-corrected chi connectivity index (χ1v) is 7.90. The number of allylic oxidation sites excluding steroid dienone is 2. The molecular formula is C20H21NO5. The van der Waals surface area contributed by atoms with Crippen molar-refractivity contribution in [1.29, 1.82) is 0 Å². The molecule has 0 aromatic heterocycles. The van der Waals surface area contributed by atoms with Crippen molar-refractivity contribution in [2.24, 2.45) is 0 Å². The first-order valence-electron chi connectivity index (χ1n) is 7.90. The Balaban J connectivity index is 2.61. The molecule has 6 heteroatoms. The molecule has 1 aromatic rings. The number of ether oxygens (including phenoxy) is 3. The van der Waals surface area contributed by atoms with Gasteiger partial charge in [0.2, 0.25) is 0 Å². The third-order valence-corrected chi connectivity index (χ3v) is 3.49. The molecular weight excluding hydrogens is 334 g/mol. The van der Waals surface area contributed by atoms with Crippen LogP contribution in [0.2, 0.25) is 0 Å². The number of methoxy groups -OCH3 is 2. The number of hydrogen-bond donors (Lipinski definition) is 0.